The average Bonchev–Trinajstić information content (AvgIpc) is 3.17. The highest BCUT2D eigenvalue weighted by molar-refractivity contribution is 7.91. The van der Waals surface area contributed by atoms with Crippen LogP contribution in [0.2, 0.25) is 0 Å². The SMILES string of the molecule is Cn1ccc2c(c1=O)C1=C3C(=CN(c4ccc(F)cc4F)C3C(C(=O)NCCC#N)CN1)C=C2CS(C)(=O)=O. The molecule has 39 heavy (non-hydrogen) atoms. The number of carbonyl (C=O) groups excluding carboxylic acids is 1. The standard InChI is InChI=1S/C27H25F2N5O4S/c1-33-9-6-18-16(14-39(2,37)38)10-15-13-34(21-5-4-17(28)11-20(21)29)25-19(26(35)31-8-3-7-30)12-32-24(22(15)25)23(18)27(33)36/h4-6,9-11,13,19,25,32H,3,8,12,14H2,1-2H3,(H,31,35). The van der Waals surface area contributed by atoms with Gasteiger partial charge in [-0.05, 0) is 41.0 Å². The number of sulfone groups is 1. The molecular weight excluding hydrogens is 528 g/mol. The van der Waals surface area contributed by atoms with Gasteiger partial charge in [0.25, 0.3) is 5.56 Å². The average molecular weight is 554 g/mol. The number of rotatable bonds is 6. The van der Waals surface area contributed by atoms with Gasteiger partial charge in [0.1, 0.15) is 11.6 Å². The molecule has 0 saturated heterocycles. The Labute approximate surface area is 223 Å². The van der Waals surface area contributed by atoms with Crippen LogP contribution in [0.15, 0.2) is 58.7 Å². The molecule has 5 rings (SSSR count). The summed E-state index contributed by atoms with van der Waals surface area (Å²) in [4.78, 5) is 28.3. The molecule has 2 N–H and O–H groups in total. The number of nitrogens with one attached hydrogen (secondary N) is 2. The molecule has 2 aromatic rings. The number of benzene rings is 1. The van der Waals surface area contributed by atoms with Crippen LogP contribution in [0, 0.1) is 28.9 Å². The van der Waals surface area contributed by atoms with E-state index in [0.29, 0.717) is 28.0 Å². The molecule has 2 atom stereocenters. The third-order valence-corrected chi connectivity index (χ3v) is 7.84. The van der Waals surface area contributed by atoms with E-state index in [1.54, 1.807) is 31.6 Å². The highest BCUT2D eigenvalue weighted by Crippen LogP contribution is 2.46. The van der Waals surface area contributed by atoms with E-state index < -0.39 is 33.4 Å². The van der Waals surface area contributed by atoms with Crippen molar-refractivity contribution in [3.8, 4) is 6.07 Å². The van der Waals surface area contributed by atoms with Gasteiger partial charge in [-0.25, -0.2) is 17.2 Å². The molecule has 1 amide bonds. The number of nitrogens with zero attached hydrogens (tertiary/aromatic N) is 3. The minimum absolute atomic E-state index is 0.0183. The molecule has 3 heterocycles. The molecule has 1 aliphatic carbocycles. The molecule has 1 aromatic heterocycles. The van der Waals surface area contributed by atoms with Gasteiger partial charge >= 0.3 is 0 Å². The minimum atomic E-state index is -3.52. The van der Waals surface area contributed by atoms with Crippen molar-refractivity contribution >= 4 is 32.7 Å². The number of pyridine rings is 1. The Morgan fingerprint density at radius 3 is 2.74 bits per heavy atom. The highest BCUT2D eigenvalue weighted by atomic mass is 32.2. The summed E-state index contributed by atoms with van der Waals surface area (Å²) >= 11 is 0. The first-order valence-corrected chi connectivity index (χ1v) is 14.2. The number of halogens is 2. The summed E-state index contributed by atoms with van der Waals surface area (Å²) in [6, 6.07) is 5.97. The van der Waals surface area contributed by atoms with Crippen LogP contribution < -0.4 is 21.1 Å². The first kappa shape index (κ1) is 26.4. The van der Waals surface area contributed by atoms with E-state index in [1.807, 2.05) is 6.07 Å². The Morgan fingerprint density at radius 1 is 1.28 bits per heavy atom. The van der Waals surface area contributed by atoms with Crippen LogP contribution >= 0.6 is 0 Å². The van der Waals surface area contributed by atoms with Crippen molar-refractivity contribution in [1.82, 2.24) is 15.2 Å². The maximum absolute atomic E-state index is 15.1. The largest absolute Gasteiger partial charge is 0.383 e. The topological polar surface area (TPSA) is 124 Å². The lowest BCUT2D eigenvalue weighted by atomic mass is 9.84. The summed E-state index contributed by atoms with van der Waals surface area (Å²) in [5.41, 5.74) is 2.18. The number of amides is 1. The summed E-state index contributed by atoms with van der Waals surface area (Å²) < 4.78 is 55.0. The van der Waals surface area contributed by atoms with E-state index in [4.69, 9.17) is 5.26 Å². The molecular formula is C27H25F2N5O4S. The lowest BCUT2D eigenvalue weighted by Gasteiger charge is -2.38. The molecule has 2 aliphatic heterocycles. The predicted octanol–water partition coefficient (Wildman–Crippen LogP) is 1.84. The molecule has 202 valence electrons. The van der Waals surface area contributed by atoms with Crippen molar-refractivity contribution < 1.29 is 22.0 Å². The maximum Gasteiger partial charge on any atom is 0.260 e. The number of nitriles is 1. The van der Waals surface area contributed by atoms with Crippen LogP contribution in [-0.2, 0) is 21.7 Å². The summed E-state index contributed by atoms with van der Waals surface area (Å²) in [5, 5.41) is 14.8. The van der Waals surface area contributed by atoms with Crippen LogP contribution in [0.4, 0.5) is 14.5 Å². The normalized spacial score (nSPS) is 19.7. The zero-order valence-electron chi connectivity index (χ0n) is 21.2. The summed E-state index contributed by atoms with van der Waals surface area (Å²) in [6.45, 7) is 0.193. The second-order valence-corrected chi connectivity index (χ2v) is 11.9. The van der Waals surface area contributed by atoms with Gasteiger partial charge in [0.2, 0.25) is 5.91 Å². The van der Waals surface area contributed by atoms with E-state index >= 15 is 4.39 Å². The monoisotopic (exact) mass is 553 g/mol. The molecule has 1 aromatic carbocycles. The fourth-order valence-corrected chi connectivity index (χ4v) is 6.18. The first-order chi connectivity index (χ1) is 18.5. The number of carbonyl (C=O) groups is 1. The predicted molar refractivity (Wildman–Crippen MR) is 142 cm³/mol. The third kappa shape index (κ3) is 4.74. The van der Waals surface area contributed by atoms with E-state index in [1.165, 1.54) is 15.5 Å². The number of allylic oxidation sites excluding steroid dienone is 1. The maximum atomic E-state index is 15.1. The van der Waals surface area contributed by atoms with Gasteiger partial charge in [0.05, 0.1) is 47.2 Å². The number of hydrogen-bond donors (Lipinski definition) is 2. The van der Waals surface area contributed by atoms with Crippen molar-refractivity contribution in [2.75, 3.05) is 30.0 Å². The van der Waals surface area contributed by atoms with Gasteiger partial charge < -0.3 is 20.1 Å². The van der Waals surface area contributed by atoms with Crippen molar-refractivity contribution in [2.45, 2.75) is 12.5 Å². The van der Waals surface area contributed by atoms with Crippen molar-refractivity contribution in [2.24, 2.45) is 13.0 Å². The number of aromatic nitrogens is 1. The summed E-state index contributed by atoms with van der Waals surface area (Å²) in [7, 11) is -1.94. The lowest BCUT2D eigenvalue weighted by molar-refractivity contribution is -0.125. The van der Waals surface area contributed by atoms with Gasteiger partial charge in [-0.15, -0.1) is 0 Å². The molecule has 0 fully saturated rings. The fraction of sp³-hybridized carbons (Fsp3) is 0.296. The number of aryl methyl sites for hydroxylation is 1. The minimum Gasteiger partial charge on any atom is -0.383 e. The van der Waals surface area contributed by atoms with Crippen molar-refractivity contribution in [3.63, 3.8) is 0 Å². The molecule has 0 bridgehead atoms. The van der Waals surface area contributed by atoms with Crippen LogP contribution in [0.5, 0.6) is 0 Å². The molecule has 3 aliphatic rings. The molecule has 2 unspecified atom stereocenters. The smallest absolute Gasteiger partial charge is 0.260 e. The first-order valence-electron chi connectivity index (χ1n) is 12.2. The Hall–Kier alpha value is -4.24. The third-order valence-electron chi connectivity index (χ3n) is 7.01. The van der Waals surface area contributed by atoms with Crippen molar-refractivity contribution in [1.29, 1.82) is 5.26 Å². The number of anilines is 1. The van der Waals surface area contributed by atoms with Crippen molar-refractivity contribution in [3.05, 3.63) is 87.0 Å². The quantitative estimate of drug-likeness (QED) is 0.523. The lowest BCUT2D eigenvalue weighted by Crippen LogP contribution is -2.52. The van der Waals surface area contributed by atoms with E-state index in [2.05, 4.69) is 10.6 Å². The Bertz CT molecular complexity index is 1700. The zero-order chi connectivity index (χ0) is 28.1. The Morgan fingerprint density at radius 2 is 2.05 bits per heavy atom. The Kier molecular flexibility index (Phi) is 6.64. The van der Waals surface area contributed by atoms with Crippen LogP contribution in [0.25, 0.3) is 11.3 Å². The van der Waals surface area contributed by atoms with Gasteiger partial charge in [0.15, 0.2) is 9.84 Å². The van der Waals surface area contributed by atoms with E-state index in [0.717, 1.165) is 18.4 Å². The van der Waals surface area contributed by atoms with Crippen LogP contribution in [0.1, 0.15) is 17.5 Å². The fourth-order valence-electron chi connectivity index (χ4n) is 5.38. The van der Waals surface area contributed by atoms with E-state index in [9.17, 15) is 22.4 Å². The molecule has 0 saturated carbocycles. The molecule has 9 nitrogen and oxygen atoms in total. The van der Waals surface area contributed by atoms with Crippen LogP contribution in [0.3, 0.4) is 0 Å². The highest BCUT2D eigenvalue weighted by Gasteiger charge is 2.46. The zero-order valence-corrected chi connectivity index (χ0v) is 22.0. The van der Waals surface area contributed by atoms with Gasteiger partial charge in [-0.3, -0.25) is 9.59 Å². The summed E-state index contributed by atoms with van der Waals surface area (Å²) in [6.07, 6.45) is 6.00. The van der Waals surface area contributed by atoms with E-state index in [-0.39, 0.29) is 48.0 Å². The number of fused-ring (bicyclic) bond motifs is 2. The Balaban J connectivity index is 1.76. The molecule has 0 radical (unpaired) electrons. The number of hydrogen-bond acceptors (Lipinski definition) is 7. The van der Waals surface area contributed by atoms with Gasteiger partial charge in [-0.2, -0.15) is 5.26 Å². The second-order valence-electron chi connectivity index (χ2n) is 9.77. The van der Waals surface area contributed by atoms with Gasteiger partial charge in [0, 0.05) is 50.4 Å². The second kappa shape index (κ2) is 9.81. The van der Waals surface area contributed by atoms with Gasteiger partial charge in [-0.1, -0.05) is 0 Å². The molecule has 0 spiro atoms. The molecule has 12 heteroatoms. The summed E-state index contributed by atoms with van der Waals surface area (Å²) in [5.74, 6) is -3.13. The van der Waals surface area contributed by atoms with Crippen LogP contribution in [-0.4, -0.2) is 50.0 Å².